The van der Waals surface area contributed by atoms with Gasteiger partial charge in [0.15, 0.2) is 12.0 Å². The fourth-order valence-electron chi connectivity index (χ4n) is 0.770. The molecule has 0 aliphatic rings. The van der Waals surface area contributed by atoms with E-state index in [9.17, 15) is 9.18 Å². The number of aliphatic hydroxyl groups excluding tert-OH is 1. The Bertz CT molecular complexity index is 123. The lowest BCUT2D eigenvalue weighted by Crippen LogP contribution is -2.16. The minimum Gasteiger partial charge on any atom is -0.393 e. The second-order valence-corrected chi connectivity index (χ2v) is 2.71. The van der Waals surface area contributed by atoms with Gasteiger partial charge in [0.25, 0.3) is 0 Å². The van der Waals surface area contributed by atoms with E-state index < -0.39 is 12.3 Å². The zero-order valence-electron chi connectivity index (χ0n) is 7.01. The maximum atomic E-state index is 12.7. The normalized spacial score (nSPS) is 16.0. The number of aliphatic hydroxyl groups is 1. The summed E-state index contributed by atoms with van der Waals surface area (Å²) < 4.78 is 12.7. The molecular formula is C8H15FO2. The second-order valence-electron chi connectivity index (χ2n) is 2.71. The highest BCUT2D eigenvalue weighted by atomic mass is 19.1. The lowest BCUT2D eigenvalue weighted by atomic mass is 10.1. The fraction of sp³-hybridized carbons (Fsp3) is 0.875. The molecule has 11 heavy (non-hydrogen) atoms. The van der Waals surface area contributed by atoms with Crippen LogP contribution in [0.5, 0.6) is 0 Å². The van der Waals surface area contributed by atoms with Crippen molar-refractivity contribution in [3.05, 3.63) is 0 Å². The van der Waals surface area contributed by atoms with Crippen LogP contribution in [-0.4, -0.2) is 23.2 Å². The SMILES string of the molecule is CCC(=O)C(F)CCC(C)O. The molecule has 0 spiro atoms. The number of Topliss-reactive ketones (excluding diaryl/α,β-unsaturated/α-hetero) is 1. The van der Waals surface area contributed by atoms with Crippen molar-refractivity contribution in [2.75, 3.05) is 0 Å². The lowest BCUT2D eigenvalue weighted by Gasteiger charge is -2.06. The summed E-state index contributed by atoms with van der Waals surface area (Å²) in [6, 6.07) is 0. The predicted octanol–water partition coefficient (Wildman–Crippen LogP) is 1.46. The van der Waals surface area contributed by atoms with E-state index in [4.69, 9.17) is 5.11 Å². The van der Waals surface area contributed by atoms with Gasteiger partial charge in [-0.3, -0.25) is 4.79 Å². The molecule has 0 rings (SSSR count). The number of alkyl halides is 1. The van der Waals surface area contributed by atoms with E-state index >= 15 is 0 Å². The Morgan fingerprint density at radius 1 is 1.55 bits per heavy atom. The van der Waals surface area contributed by atoms with Crippen molar-refractivity contribution >= 4 is 5.78 Å². The van der Waals surface area contributed by atoms with Crippen LogP contribution in [0.25, 0.3) is 0 Å². The lowest BCUT2D eigenvalue weighted by molar-refractivity contribution is -0.123. The maximum Gasteiger partial charge on any atom is 0.166 e. The van der Waals surface area contributed by atoms with Gasteiger partial charge in [-0.2, -0.15) is 0 Å². The van der Waals surface area contributed by atoms with E-state index in [0.717, 1.165) is 0 Å². The van der Waals surface area contributed by atoms with E-state index in [1.54, 1.807) is 13.8 Å². The second kappa shape index (κ2) is 5.24. The van der Waals surface area contributed by atoms with Crippen LogP contribution in [-0.2, 0) is 4.79 Å². The van der Waals surface area contributed by atoms with Gasteiger partial charge in [-0.1, -0.05) is 6.92 Å². The summed E-state index contributed by atoms with van der Waals surface area (Å²) >= 11 is 0. The Balaban J connectivity index is 3.52. The average Bonchev–Trinajstić information content (AvgIpc) is 1.98. The number of halogens is 1. The highest BCUT2D eigenvalue weighted by molar-refractivity contribution is 5.82. The smallest absolute Gasteiger partial charge is 0.166 e. The summed E-state index contributed by atoms with van der Waals surface area (Å²) in [7, 11) is 0. The summed E-state index contributed by atoms with van der Waals surface area (Å²) in [5.41, 5.74) is 0. The number of carbonyl (C=O) groups is 1. The van der Waals surface area contributed by atoms with Crippen LogP contribution in [0, 0.1) is 0 Å². The van der Waals surface area contributed by atoms with Crippen LogP contribution in [0.15, 0.2) is 0 Å². The highest BCUT2D eigenvalue weighted by Gasteiger charge is 2.14. The molecule has 1 N–H and O–H groups in total. The summed E-state index contributed by atoms with van der Waals surface area (Å²) in [5.74, 6) is -0.370. The van der Waals surface area contributed by atoms with Crippen molar-refractivity contribution in [2.45, 2.75) is 45.4 Å². The molecule has 0 fully saturated rings. The van der Waals surface area contributed by atoms with E-state index in [0.29, 0.717) is 6.42 Å². The van der Waals surface area contributed by atoms with Crippen molar-refractivity contribution in [2.24, 2.45) is 0 Å². The van der Waals surface area contributed by atoms with Crippen LogP contribution in [0.1, 0.15) is 33.1 Å². The molecule has 2 nitrogen and oxygen atoms in total. The number of carbonyl (C=O) groups excluding carboxylic acids is 1. The van der Waals surface area contributed by atoms with Gasteiger partial charge in [0.05, 0.1) is 6.10 Å². The summed E-state index contributed by atoms with van der Waals surface area (Å²) in [6.07, 6.45) is -1.16. The molecule has 0 amide bonds. The van der Waals surface area contributed by atoms with Gasteiger partial charge in [0.2, 0.25) is 0 Å². The number of hydrogen-bond acceptors (Lipinski definition) is 2. The predicted molar refractivity (Wildman–Crippen MR) is 41.1 cm³/mol. The first kappa shape index (κ1) is 10.6. The monoisotopic (exact) mass is 162 g/mol. The van der Waals surface area contributed by atoms with Crippen LogP contribution in [0.3, 0.4) is 0 Å². The molecule has 0 heterocycles. The number of ketones is 1. The minimum atomic E-state index is -1.38. The molecule has 66 valence electrons. The first-order valence-electron chi connectivity index (χ1n) is 3.92. The fourth-order valence-corrected chi connectivity index (χ4v) is 0.770. The Kier molecular flexibility index (Phi) is 5.03. The molecule has 0 aliphatic carbocycles. The summed E-state index contributed by atoms with van der Waals surface area (Å²) in [6.45, 7) is 3.22. The molecule has 0 radical (unpaired) electrons. The Morgan fingerprint density at radius 3 is 2.45 bits per heavy atom. The Morgan fingerprint density at radius 2 is 2.09 bits per heavy atom. The molecule has 2 unspecified atom stereocenters. The highest BCUT2D eigenvalue weighted by Crippen LogP contribution is 2.07. The van der Waals surface area contributed by atoms with Crippen molar-refractivity contribution in [3.8, 4) is 0 Å². The molecule has 0 aliphatic heterocycles. The molecule has 0 bridgehead atoms. The molecule has 3 heteroatoms. The van der Waals surface area contributed by atoms with Crippen LogP contribution >= 0.6 is 0 Å². The van der Waals surface area contributed by atoms with Crippen LogP contribution in [0.2, 0.25) is 0 Å². The zero-order chi connectivity index (χ0) is 8.85. The number of hydrogen-bond donors (Lipinski definition) is 1. The van der Waals surface area contributed by atoms with Gasteiger partial charge in [0, 0.05) is 6.42 Å². The standard InChI is InChI=1S/C8H15FO2/c1-3-8(11)7(9)5-4-6(2)10/h6-7,10H,3-5H2,1-2H3. The number of rotatable bonds is 5. The first-order valence-corrected chi connectivity index (χ1v) is 3.92. The van der Waals surface area contributed by atoms with Crippen molar-refractivity contribution in [3.63, 3.8) is 0 Å². The third-order valence-electron chi connectivity index (χ3n) is 1.54. The third kappa shape index (κ3) is 4.90. The zero-order valence-corrected chi connectivity index (χ0v) is 7.01. The van der Waals surface area contributed by atoms with Crippen LogP contribution < -0.4 is 0 Å². The van der Waals surface area contributed by atoms with E-state index in [-0.39, 0.29) is 18.6 Å². The molecule has 2 atom stereocenters. The molecule has 0 aromatic rings. The van der Waals surface area contributed by atoms with E-state index in [1.165, 1.54) is 0 Å². The molecular weight excluding hydrogens is 147 g/mol. The summed E-state index contributed by atoms with van der Waals surface area (Å²) in [4.78, 5) is 10.7. The van der Waals surface area contributed by atoms with Crippen molar-refractivity contribution in [1.29, 1.82) is 0 Å². The first-order chi connectivity index (χ1) is 5.07. The van der Waals surface area contributed by atoms with Crippen LogP contribution in [0.4, 0.5) is 4.39 Å². The summed E-state index contributed by atoms with van der Waals surface area (Å²) in [5, 5.41) is 8.78. The quantitative estimate of drug-likeness (QED) is 0.664. The van der Waals surface area contributed by atoms with Gasteiger partial charge in [-0.25, -0.2) is 4.39 Å². The third-order valence-corrected chi connectivity index (χ3v) is 1.54. The van der Waals surface area contributed by atoms with Gasteiger partial charge in [-0.05, 0) is 19.8 Å². The van der Waals surface area contributed by atoms with Gasteiger partial charge < -0.3 is 5.11 Å². The average molecular weight is 162 g/mol. The van der Waals surface area contributed by atoms with E-state index in [2.05, 4.69) is 0 Å². The molecule has 0 saturated carbocycles. The van der Waals surface area contributed by atoms with Gasteiger partial charge in [0.1, 0.15) is 0 Å². The Hall–Kier alpha value is -0.440. The topological polar surface area (TPSA) is 37.3 Å². The minimum absolute atomic E-state index is 0.143. The maximum absolute atomic E-state index is 12.7. The molecule has 0 aromatic heterocycles. The molecule has 0 saturated heterocycles. The van der Waals surface area contributed by atoms with Crippen molar-refractivity contribution < 1.29 is 14.3 Å². The Labute approximate surface area is 66.4 Å². The largest absolute Gasteiger partial charge is 0.393 e. The van der Waals surface area contributed by atoms with Gasteiger partial charge >= 0.3 is 0 Å². The van der Waals surface area contributed by atoms with Crippen molar-refractivity contribution in [1.82, 2.24) is 0 Å². The van der Waals surface area contributed by atoms with E-state index in [1.807, 2.05) is 0 Å². The van der Waals surface area contributed by atoms with Gasteiger partial charge in [-0.15, -0.1) is 0 Å². The molecule has 0 aromatic carbocycles.